The van der Waals surface area contributed by atoms with Gasteiger partial charge in [0.2, 0.25) is 5.91 Å². The molecular formula is C13H15BrN2O. The van der Waals surface area contributed by atoms with E-state index >= 15 is 0 Å². The highest BCUT2D eigenvalue weighted by Gasteiger charge is 2.47. The quantitative estimate of drug-likeness (QED) is 0.856. The molecule has 2 bridgehead atoms. The number of piperidine rings is 1. The second-order valence-corrected chi connectivity index (χ2v) is 5.80. The van der Waals surface area contributed by atoms with Gasteiger partial charge < -0.3 is 10.2 Å². The van der Waals surface area contributed by atoms with E-state index in [2.05, 4.69) is 45.5 Å². The van der Waals surface area contributed by atoms with Crippen molar-refractivity contribution in [3.05, 3.63) is 34.3 Å². The Hall–Kier alpha value is -0.870. The molecule has 17 heavy (non-hydrogen) atoms. The Balaban J connectivity index is 1.76. The molecule has 0 aliphatic carbocycles. The van der Waals surface area contributed by atoms with Gasteiger partial charge in [0.05, 0.1) is 0 Å². The van der Waals surface area contributed by atoms with E-state index in [0.29, 0.717) is 18.0 Å². The van der Waals surface area contributed by atoms with Crippen LogP contribution in [0.1, 0.15) is 18.4 Å². The number of halogens is 1. The number of carbonyl (C=O) groups excluding carboxylic acids is 1. The molecule has 1 unspecified atom stereocenters. The lowest BCUT2D eigenvalue weighted by molar-refractivity contribution is -0.133. The summed E-state index contributed by atoms with van der Waals surface area (Å²) in [6, 6.07) is 9.40. The number of rotatable bonds is 1. The van der Waals surface area contributed by atoms with Crippen molar-refractivity contribution in [2.24, 2.45) is 0 Å². The molecule has 1 amide bonds. The number of hydrogen-bond acceptors (Lipinski definition) is 2. The van der Waals surface area contributed by atoms with E-state index < -0.39 is 0 Å². The third-order valence-electron chi connectivity index (χ3n) is 3.83. The van der Waals surface area contributed by atoms with Crippen LogP contribution in [0.25, 0.3) is 0 Å². The lowest BCUT2D eigenvalue weighted by Gasteiger charge is -2.54. The van der Waals surface area contributed by atoms with Crippen LogP contribution in [-0.4, -0.2) is 36.0 Å². The van der Waals surface area contributed by atoms with Gasteiger partial charge in [-0.15, -0.1) is 0 Å². The fraction of sp³-hybridized carbons (Fsp3) is 0.462. The monoisotopic (exact) mass is 294 g/mol. The summed E-state index contributed by atoms with van der Waals surface area (Å²) in [4.78, 5) is 13.3. The highest BCUT2D eigenvalue weighted by atomic mass is 79.9. The van der Waals surface area contributed by atoms with Crippen molar-refractivity contribution in [1.29, 1.82) is 0 Å². The van der Waals surface area contributed by atoms with Crippen LogP contribution < -0.4 is 5.32 Å². The average Bonchev–Trinajstić information content (AvgIpc) is 2.32. The van der Waals surface area contributed by atoms with Gasteiger partial charge in [-0.25, -0.2) is 0 Å². The number of nitrogens with zero attached hydrogens (tertiary/aromatic N) is 1. The first-order valence-electron chi connectivity index (χ1n) is 5.92. The highest BCUT2D eigenvalue weighted by molar-refractivity contribution is 9.10. The molecule has 1 aromatic carbocycles. The summed E-state index contributed by atoms with van der Waals surface area (Å²) in [6.45, 7) is 3.33. The number of carbonyl (C=O) groups is 1. The van der Waals surface area contributed by atoms with Crippen LogP contribution >= 0.6 is 15.9 Å². The van der Waals surface area contributed by atoms with Gasteiger partial charge in [0.1, 0.15) is 0 Å². The second kappa shape index (κ2) is 4.10. The Bertz CT molecular complexity index is 433. The molecular weight excluding hydrogens is 280 g/mol. The number of hydrogen-bond donors (Lipinski definition) is 1. The first-order chi connectivity index (χ1) is 8.15. The van der Waals surface area contributed by atoms with E-state index in [9.17, 15) is 4.79 Å². The molecule has 90 valence electrons. The van der Waals surface area contributed by atoms with E-state index in [1.54, 1.807) is 6.92 Å². The van der Waals surface area contributed by atoms with Crippen LogP contribution in [0.5, 0.6) is 0 Å². The number of nitrogens with one attached hydrogen (secondary N) is 1. The van der Waals surface area contributed by atoms with E-state index in [-0.39, 0.29) is 5.91 Å². The summed E-state index contributed by atoms with van der Waals surface area (Å²) in [7, 11) is 0. The Kier molecular flexibility index (Phi) is 2.71. The number of amides is 1. The van der Waals surface area contributed by atoms with Crippen molar-refractivity contribution >= 4 is 21.8 Å². The standard InChI is InChI=1S/C13H15BrN2O/c1-8(17)16-6-11-13(12(7-16)15-11)9-2-4-10(14)5-3-9/h2-5,11-13,15H,6-7H2,1H3/t11-,12+,13?. The van der Waals surface area contributed by atoms with Gasteiger partial charge in [-0.3, -0.25) is 4.79 Å². The largest absolute Gasteiger partial charge is 0.340 e. The van der Waals surface area contributed by atoms with Crippen molar-refractivity contribution < 1.29 is 4.79 Å². The third-order valence-corrected chi connectivity index (χ3v) is 4.36. The van der Waals surface area contributed by atoms with Gasteiger partial charge in [0, 0.05) is 42.5 Å². The molecule has 3 atom stereocenters. The van der Waals surface area contributed by atoms with Crippen molar-refractivity contribution in [3.63, 3.8) is 0 Å². The van der Waals surface area contributed by atoms with Gasteiger partial charge >= 0.3 is 0 Å². The zero-order valence-electron chi connectivity index (χ0n) is 9.69. The smallest absolute Gasteiger partial charge is 0.219 e. The highest BCUT2D eigenvalue weighted by Crippen LogP contribution is 2.37. The zero-order chi connectivity index (χ0) is 12.0. The first kappa shape index (κ1) is 11.2. The average molecular weight is 295 g/mol. The van der Waals surface area contributed by atoms with Crippen LogP contribution in [0.4, 0.5) is 0 Å². The van der Waals surface area contributed by atoms with Crippen LogP contribution in [0.15, 0.2) is 28.7 Å². The van der Waals surface area contributed by atoms with Crippen LogP contribution in [0.2, 0.25) is 0 Å². The molecule has 1 aromatic rings. The van der Waals surface area contributed by atoms with Crippen molar-refractivity contribution in [2.45, 2.75) is 24.9 Å². The summed E-state index contributed by atoms with van der Waals surface area (Å²) < 4.78 is 1.11. The summed E-state index contributed by atoms with van der Waals surface area (Å²) in [5, 5.41) is 3.52. The minimum atomic E-state index is 0.191. The fourth-order valence-electron chi connectivity index (χ4n) is 2.93. The Morgan fingerprint density at radius 1 is 1.29 bits per heavy atom. The topological polar surface area (TPSA) is 32.3 Å². The predicted octanol–water partition coefficient (Wildman–Crippen LogP) is 1.74. The summed E-state index contributed by atoms with van der Waals surface area (Å²) >= 11 is 3.46. The van der Waals surface area contributed by atoms with Gasteiger partial charge in [-0.2, -0.15) is 0 Å². The molecule has 3 fully saturated rings. The Labute approximate surface area is 109 Å². The molecule has 3 aliphatic rings. The summed E-state index contributed by atoms with van der Waals surface area (Å²) in [5.41, 5.74) is 1.38. The van der Waals surface area contributed by atoms with Gasteiger partial charge in [-0.05, 0) is 17.7 Å². The lowest BCUT2D eigenvalue weighted by Crippen LogP contribution is -2.72. The molecule has 0 radical (unpaired) electrons. The second-order valence-electron chi connectivity index (χ2n) is 4.88. The minimum Gasteiger partial charge on any atom is -0.340 e. The van der Waals surface area contributed by atoms with Crippen LogP contribution in [0.3, 0.4) is 0 Å². The Morgan fingerprint density at radius 3 is 2.41 bits per heavy atom. The van der Waals surface area contributed by atoms with E-state index in [0.717, 1.165) is 17.6 Å². The summed E-state index contributed by atoms with van der Waals surface area (Å²) in [5.74, 6) is 0.759. The van der Waals surface area contributed by atoms with Crippen molar-refractivity contribution in [3.8, 4) is 0 Å². The molecule has 4 heteroatoms. The molecule has 3 heterocycles. The van der Waals surface area contributed by atoms with Crippen LogP contribution in [0, 0.1) is 0 Å². The third kappa shape index (κ3) is 1.89. The molecule has 3 nitrogen and oxygen atoms in total. The van der Waals surface area contributed by atoms with E-state index in [1.807, 2.05) is 4.90 Å². The molecule has 3 aliphatic heterocycles. The number of benzene rings is 1. The van der Waals surface area contributed by atoms with Gasteiger partial charge in [-0.1, -0.05) is 28.1 Å². The van der Waals surface area contributed by atoms with Crippen LogP contribution in [-0.2, 0) is 4.79 Å². The molecule has 3 saturated heterocycles. The van der Waals surface area contributed by atoms with Crippen molar-refractivity contribution in [2.75, 3.05) is 13.1 Å². The van der Waals surface area contributed by atoms with Gasteiger partial charge in [0.25, 0.3) is 0 Å². The van der Waals surface area contributed by atoms with E-state index in [1.165, 1.54) is 5.56 Å². The molecule has 0 spiro atoms. The minimum absolute atomic E-state index is 0.191. The van der Waals surface area contributed by atoms with Gasteiger partial charge in [0.15, 0.2) is 0 Å². The fourth-order valence-corrected chi connectivity index (χ4v) is 3.20. The summed E-state index contributed by atoms with van der Waals surface area (Å²) in [6.07, 6.45) is 0. The first-order valence-corrected chi connectivity index (χ1v) is 6.71. The molecule has 0 aromatic heterocycles. The lowest BCUT2D eigenvalue weighted by atomic mass is 9.74. The number of piperazine rings is 1. The zero-order valence-corrected chi connectivity index (χ0v) is 11.3. The molecule has 0 saturated carbocycles. The maximum Gasteiger partial charge on any atom is 0.219 e. The SMILES string of the molecule is CC(=O)N1C[C@@H]2N[C@H](C1)C2c1ccc(Br)cc1. The maximum absolute atomic E-state index is 11.3. The molecule has 4 rings (SSSR count). The van der Waals surface area contributed by atoms with Crippen molar-refractivity contribution in [1.82, 2.24) is 10.2 Å². The normalized spacial score (nSPS) is 30.9. The van der Waals surface area contributed by atoms with E-state index in [4.69, 9.17) is 0 Å². The maximum atomic E-state index is 11.3. The predicted molar refractivity (Wildman–Crippen MR) is 69.8 cm³/mol. The number of fused-ring (bicyclic) bond motifs is 2. The Morgan fingerprint density at radius 2 is 1.88 bits per heavy atom. The molecule has 1 N–H and O–H groups in total.